The average Bonchev–Trinajstić information content (AvgIpc) is 2.96. The summed E-state index contributed by atoms with van der Waals surface area (Å²) >= 11 is 0. The molecule has 1 aromatic carbocycles. The van der Waals surface area contributed by atoms with E-state index in [0.717, 1.165) is 13.1 Å². The fourth-order valence-corrected chi connectivity index (χ4v) is 3.32. The summed E-state index contributed by atoms with van der Waals surface area (Å²) in [7, 11) is 1.83. The first-order valence-electron chi connectivity index (χ1n) is 8.35. The topological polar surface area (TPSA) is 76.9 Å². The summed E-state index contributed by atoms with van der Waals surface area (Å²) in [4.78, 5) is 19.3. The molecule has 0 radical (unpaired) electrons. The Balaban J connectivity index is 1.62. The van der Waals surface area contributed by atoms with Gasteiger partial charge in [0.2, 0.25) is 0 Å². The number of likely N-dealkylation sites (tertiary alicyclic amines) is 1. The minimum Gasteiger partial charge on any atom is -0.477 e. The van der Waals surface area contributed by atoms with E-state index < -0.39 is 11.6 Å². The van der Waals surface area contributed by atoms with Gasteiger partial charge in [0.1, 0.15) is 5.82 Å². The molecule has 0 amide bonds. The van der Waals surface area contributed by atoms with Gasteiger partial charge in [-0.3, -0.25) is 4.90 Å². The Morgan fingerprint density at radius 3 is 2.72 bits per heavy atom. The lowest BCUT2D eigenvalue weighted by Gasteiger charge is -2.30. The lowest BCUT2D eigenvalue weighted by Crippen LogP contribution is -2.44. The Bertz CT molecular complexity index is 738. The van der Waals surface area contributed by atoms with Crippen LogP contribution in [0, 0.1) is 0 Å². The molecule has 0 spiro atoms. The molecule has 1 aromatic heterocycles. The molecule has 6 nitrogen and oxygen atoms in total. The molecule has 3 rings (SSSR count). The molecule has 1 saturated heterocycles. The van der Waals surface area contributed by atoms with Gasteiger partial charge in [-0.05, 0) is 24.1 Å². The molecular formula is C19H23N3O3. The van der Waals surface area contributed by atoms with Crippen LogP contribution in [0.25, 0.3) is 0 Å². The maximum Gasteiger partial charge on any atom is 0.354 e. The molecule has 0 aliphatic carbocycles. The van der Waals surface area contributed by atoms with Gasteiger partial charge in [-0.15, -0.1) is 0 Å². The second-order valence-corrected chi connectivity index (χ2v) is 6.71. The largest absolute Gasteiger partial charge is 0.477 e. The van der Waals surface area contributed by atoms with Crippen molar-refractivity contribution in [3.8, 4) is 0 Å². The second kappa shape index (κ2) is 7.21. The molecule has 2 aromatic rings. The Morgan fingerprint density at radius 2 is 2.00 bits per heavy atom. The van der Waals surface area contributed by atoms with Gasteiger partial charge in [0.25, 0.3) is 0 Å². The number of hydrogen-bond donors (Lipinski definition) is 2. The number of carboxylic acids is 1. The molecular weight excluding hydrogens is 318 g/mol. The zero-order chi connectivity index (χ0) is 17.9. The molecule has 1 atom stereocenters. The van der Waals surface area contributed by atoms with Gasteiger partial charge in [-0.2, -0.15) is 0 Å². The van der Waals surface area contributed by atoms with Crippen LogP contribution in [0.3, 0.4) is 0 Å². The van der Waals surface area contributed by atoms with E-state index in [1.807, 2.05) is 30.1 Å². The standard InChI is InChI=1S/C19H23N3O3/c1-21(17-9-5-8-16(20-17)18(23)24)13-19(25)10-11-22(14-19)12-15-6-3-2-4-7-15/h2-9,25H,10-14H2,1H3,(H,23,24). The molecule has 1 aliphatic heterocycles. The summed E-state index contributed by atoms with van der Waals surface area (Å²) in [6.45, 7) is 2.65. The quantitative estimate of drug-likeness (QED) is 0.835. The van der Waals surface area contributed by atoms with Crippen molar-refractivity contribution in [3.05, 3.63) is 59.8 Å². The third kappa shape index (κ3) is 4.35. The lowest BCUT2D eigenvalue weighted by atomic mass is 10.0. The maximum absolute atomic E-state index is 11.1. The van der Waals surface area contributed by atoms with Gasteiger partial charge < -0.3 is 15.1 Å². The molecule has 6 heteroatoms. The first-order chi connectivity index (χ1) is 12.0. The van der Waals surface area contributed by atoms with E-state index >= 15 is 0 Å². The summed E-state index contributed by atoms with van der Waals surface area (Å²) in [5.74, 6) is -0.501. The third-order valence-corrected chi connectivity index (χ3v) is 4.54. The minimum atomic E-state index is -1.05. The number of carboxylic acid groups (broad SMARTS) is 1. The van der Waals surface area contributed by atoms with Gasteiger partial charge >= 0.3 is 5.97 Å². The molecule has 1 fully saturated rings. The van der Waals surface area contributed by atoms with Gasteiger partial charge in [-0.25, -0.2) is 9.78 Å². The van der Waals surface area contributed by atoms with Crippen molar-refractivity contribution < 1.29 is 15.0 Å². The highest BCUT2D eigenvalue weighted by molar-refractivity contribution is 5.85. The maximum atomic E-state index is 11.1. The monoisotopic (exact) mass is 341 g/mol. The van der Waals surface area contributed by atoms with Crippen molar-refractivity contribution in [1.82, 2.24) is 9.88 Å². The Kier molecular flexibility index (Phi) is 5.01. The average molecular weight is 341 g/mol. The van der Waals surface area contributed by atoms with E-state index in [1.54, 1.807) is 12.1 Å². The highest BCUT2D eigenvalue weighted by atomic mass is 16.4. The van der Waals surface area contributed by atoms with Crippen LogP contribution in [0.2, 0.25) is 0 Å². The van der Waals surface area contributed by atoms with Crippen molar-refractivity contribution in [1.29, 1.82) is 0 Å². The minimum absolute atomic E-state index is 0.00784. The van der Waals surface area contributed by atoms with Crippen LogP contribution < -0.4 is 4.90 Å². The number of hydrogen-bond acceptors (Lipinski definition) is 5. The first kappa shape index (κ1) is 17.4. The SMILES string of the molecule is CN(CC1(O)CCN(Cc2ccccc2)C1)c1cccc(C(=O)O)n1. The van der Waals surface area contributed by atoms with Gasteiger partial charge in [-0.1, -0.05) is 36.4 Å². The number of anilines is 1. The van der Waals surface area contributed by atoms with Crippen LogP contribution in [0.1, 0.15) is 22.5 Å². The number of benzene rings is 1. The molecule has 25 heavy (non-hydrogen) atoms. The summed E-state index contributed by atoms with van der Waals surface area (Å²) < 4.78 is 0. The van der Waals surface area contributed by atoms with E-state index in [1.165, 1.54) is 11.6 Å². The van der Waals surface area contributed by atoms with Crippen LogP contribution in [-0.4, -0.2) is 58.3 Å². The zero-order valence-corrected chi connectivity index (χ0v) is 14.3. The number of likely N-dealkylation sites (N-methyl/N-ethyl adjacent to an activating group) is 1. The van der Waals surface area contributed by atoms with Gasteiger partial charge in [0.15, 0.2) is 5.69 Å². The third-order valence-electron chi connectivity index (χ3n) is 4.54. The normalized spacial score (nSPS) is 20.6. The lowest BCUT2D eigenvalue weighted by molar-refractivity contribution is 0.0561. The van der Waals surface area contributed by atoms with Crippen molar-refractivity contribution >= 4 is 11.8 Å². The summed E-state index contributed by atoms with van der Waals surface area (Å²) in [5, 5.41) is 20.0. The number of nitrogens with zero attached hydrogens (tertiary/aromatic N) is 3. The molecule has 0 bridgehead atoms. The van der Waals surface area contributed by atoms with Crippen LogP contribution in [0.5, 0.6) is 0 Å². The second-order valence-electron chi connectivity index (χ2n) is 6.71. The van der Waals surface area contributed by atoms with Crippen LogP contribution >= 0.6 is 0 Å². The highest BCUT2D eigenvalue weighted by Crippen LogP contribution is 2.25. The summed E-state index contributed by atoms with van der Waals surface area (Å²) in [5.41, 5.74) is 0.411. The summed E-state index contributed by atoms with van der Waals surface area (Å²) in [6.07, 6.45) is 0.683. The number of aromatic carboxylic acids is 1. The number of β-amino-alcohol motifs (C(OH)–C–C–N with tert-alkyl or cyclic N) is 1. The Hall–Kier alpha value is -2.44. The van der Waals surface area contributed by atoms with E-state index in [0.29, 0.717) is 25.3 Å². The molecule has 1 aliphatic rings. The predicted molar refractivity (Wildman–Crippen MR) is 95.8 cm³/mol. The first-order valence-corrected chi connectivity index (χ1v) is 8.35. The Morgan fingerprint density at radius 1 is 1.24 bits per heavy atom. The van der Waals surface area contributed by atoms with Crippen molar-refractivity contribution in [3.63, 3.8) is 0 Å². The summed E-state index contributed by atoms with van der Waals surface area (Å²) in [6, 6.07) is 15.1. The molecule has 1 unspecified atom stereocenters. The van der Waals surface area contributed by atoms with E-state index in [4.69, 9.17) is 5.11 Å². The van der Waals surface area contributed by atoms with E-state index in [2.05, 4.69) is 22.0 Å². The van der Waals surface area contributed by atoms with Gasteiger partial charge in [0.05, 0.1) is 5.60 Å². The number of pyridine rings is 1. The smallest absolute Gasteiger partial charge is 0.354 e. The Labute approximate surface area is 147 Å². The molecule has 2 N–H and O–H groups in total. The molecule has 0 saturated carbocycles. The molecule has 2 heterocycles. The van der Waals surface area contributed by atoms with Crippen LogP contribution in [0.4, 0.5) is 5.82 Å². The zero-order valence-electron chi connectivity index (χ0n) is 14.3. The highest BCUT2D eigenvalue weighted by Gasteiger charge is 2.37. The van der Waals surface area contributed by atoms with Crippen molar-refractivity contribution in [2.45, 2.75) is 18.6 Å². The number of aromatic nitrogens is 1. The van der Waals surface area contributed by atoms with Crippen molar-refractivity contribution in [2.24, 2.45) is 0 Å². The van der Waals surface area contributed by atoms with Crippen LogP contribution in [-0.2, 0) is 6.54 Å². The number of aliphatic hydroxyl groups is 1. The fourth-order valence-electron chi connectivity index (χ4n) is 3.32. The predicted octanol–water partition coefficient (Wildman–Crippen LogP) is 1.85. The van der Waals surface area contributed by atoms with E-state index in [9.17, 15) is 9.90 Å². The van der Waals surface area contributed by atoms with E-state index in [-0.39, 0.29) is 5.69 Å². The number of carbonyl (C=O) groups is 1. The van der Waals surface area contributed by atoms with Gasteiger partial charge in [0, 0.05) is 33.2 Å². The fraction of sp³-hybridized carbons (Fsp3) is 0.368. The molecule has 132 valence electrons. The van der Waals surface area contributed by atoms with Crippen molar-refractivity contribution in [2.75, 3.05) is 31.6 Å². The number of rotatable bonds is 6. The van der Waals surface area contributed by atoms with Crippen LogP contribution in [0.15, 0.2) is 48.5 Å².